The van der Waals surface area contributed by atoms with E-state index in [0.717, 1.165) is 17.7 Å². The number of hydrogen-bond donors (Lipinski definition) is 1. The molecule has 3 nitrogen and oxygen atoms in total. The summed E-state index contributed by atoms with van der Waals surface area (Å²) in [5.74, 6) is 0.0356. The Morgan fingerprint density at radius 3 is 2.53 bits per heavy atom. The van der Waals surface area contributed by atoms with Gasteiger partial charge in [0, 0.05) is 24.0 Å². The van der Waals surface area contributed by atoms with Crippen LogP contribution in [0.3, 0.4) is 0 Å². The third-order valence-electron chi connectivity index (χ3n) is 2.92. The van der Waals surface area contributed by atoms with E-state index in [9.17, 15) is 4.79 Å². The molecule has 0 unspecified atom stereocenters. The minimum atomic E-state index is 0.0356. The number of carbonyl (C=O) groups excluding carboxylic acids is 1. The van der Waals surface area contributed by atoms with Gasteiger partial charge in [0.1, 0.15) is 0 Å². The van der Waals surface area contributed by atoms with Crippen LogP contribution in [0.25, 0.3) is 0 Å². The topological polar surface area (TPSA) is 32.3 Å². The summed E-state index contributed by atoms with van der Waals surface area (Å²) in [5.41, 5.74) is 1.85. The van der Waals surface area contributed by atoms with Gasteiger partial charge >= 0.3 is 0 Å². The molecule has 0 spiro atoms. The fourth-order valence-electron chi connectivity index (χ4n) is 1.58. The first-order valence-electron chi connectivity index (χ1n) is 5.95. The highest BCUT2D eigenvalue weighted by atomic mass is 32.1. The van der Waals surface area contributed by atoms with E-state index in [0.29, 0.717) is 6.04 Å². The van der Waals surface area contributed by atoms with E-state index in [4.69, 9.17) is 0 Å². The van der Waals surface area contributed by atoms with Crippen LogP contribution in [-0.4, -0.2) is 36.5 Å². The Labute approximate surface area is 108 Å². The van der Waals surface area contributed by atoms with E-state index in [1.54, 1.807) is 11.3 Å². The summed E-state index contributed by atoms with van der Waals surface area (Å²) < 4.78 is 0. The lowest BCUT2D eigenvalue weighted by Crippen LogP contribution is -2.42. The summed E-state index contributed by atoms with van der Waals surface area (Å²) in [4.78, 5) is 14.2. The van der Waals surface area contributed by atoms with Crippen molar-refractivity contribution in [2.75, 3.05) is 13.6 Å². The van der Waals surface area contributed by atoms with Crippen molar-refractivity contribution in [3.63, 3.8) is 0 Å². The molecule has 1 heterocycles. The van der Waals surface area contributed by atoms with Crippen LogP contribution in [0.15, 0.2) is 10.8 Å². The van der Waals surface area contributed by atoms with Crippen LogP contribution >= 0.6 is 11.3 Å². The number of thiophene rings is 1. The first-order chi connectivity index (χ1) is 7.91. The molecule has 1 amide bonds. The van der Waals surface area contributed by atoms with Crippen molar-refractivity contribution in [2.45, 2.75) is 39.8 Å². The summed E-state index contributed by atoms with van der Waals surface area (Å²) in [6, 6.07) is 0.659. The van der Waals surface area contributed by atoms with Crippen molar-refractivity contribution in [1.29, 1.82) is 0 Å². The Balaban J connectivity index is 2.49. The van der Waals surface area contributed by atoms with Gasteiger partial charge in [-0.1, -0.05) is 0 Å². The zero-order valence-electron chi connectivity index (χ0n) is 11.3. The Bertz CT molecular complexity index is 373. The molecular formula is C13H22N2OS. The van der Waals surface area contributed by atoms with E-state index in [2.05, 4.69) is 31.1 Å². The van der Waals surface area contributed by atoms with Gasteiger partial charge in [-0.25, -0.2) is 0 Å². The van der Waals surface area contributed by atoms with E-state index < -0.39 is 0 Å². The van der Waals surface area contributed by atoms with Crippen molar-refractivity contribution >= 4 is 17.2 Å². The second kappa shape index (κ2) is 6.17. The summed E-state index contributed by atoms with van der Waals surface area (Å²) >= 11 is 1.57. The van der Waals surface area contributed by atoms with Crippen LogP contribution in [0.1, 0.15) is 36.7 Å². The number of hydrogen-bond acceptors (Lipinski definition) is 3. The highest BCUT2D eigenvalue weighted by Gasteiger charge is 2.14. The molecule has 0 aliphatic carbocycles. The number of amides is 1. The fraction of sp³-hybridized carbons (Fsp3) is 0.615. The molecule has 0 radical (unpaired) electrons. The van der Waals surface area contributed by atoms with Crippen LogP contribution in [0.2, 0.25) is 0 Å². The quantitative estimate of drug-likeness (QED) is 0.875. The average Bonchev–Trinajstić information content (AvgIpc) is 2.63. The Morgan fingerprint density at radius 2 is 2.06 bits per heavy atom. The average molecular weight is 254 g/mol. The van der Waals surface area contributed by atoms with Gasteiger partial charge in [0.2, 0.25) is 0 Å². The standard InChI is InChI=1S/C13H22N2OS/c1-9(2)15(5)6-11(4)14-13(16)12-8-17-7-10(12)3/h7-9,11H,6H2,1-5H3,(H,14,16)/t11-/m0/s1. The molecule has 1 rings (SSSR count). The zero-order valence-corrected chi connectivity index (χ0v) is 12.1. The lowest BCUT2D eigenvalue weighted by atomic mass is 10.2. The molecule has 0 aliphatic heterocycles. The largest absolute Gasteiger partial charge is 0.348 e. The summed E-state index contributed by atoms with van der Waals surface area (Å²) in [6.07, 6.45) is 0. The van der Waals surface area contributed by atoms with Crippen molar-refractivity contribution in [3.05, 3.63) is 21.9 Å². The van der Waals surface area contributed by atoms with Crippen molar-refractivity contribution < 1.29 is 4.79 Å². The number of rotatable bonds is 5. The molecule has 0 aliphatic rings. The van der Waals surface area contributed by atoms with Gasteiger partial charge in [-0.15, -0.1) is 0 Å². The molecule has 0 aromatic carbocycles. The van der Waals surface area contributed by atoms with Gasteiger partial charge in [-0.05, 0) is 45.7 Å². The van der Waals surface area contributed by atoms with Gasteiger partial charge in [-0.2, -0.15) is 11.3 Å². The van der Waals surface area contributed by atoms with Crippen molar-refractivity contribution in [1.82, 2.24) is 10.2 Å². The second-order valence-electron chi connectivity index (χ2n) is 4.88. The monoisotopic (exact) mass is 254 g/mol. The third-order valence-corrected chi connectivity index (χ3v) is 3.78. The van der Waals surface area contributed by atoms with Gasteiger partial charge in [-0.3, -0.25) is 4.79 Å². The Kier molecular flexibility index (Phi) is 5.15. The molecule has 1 aromatic heterocycles. The molecule has 96 valence electrons. The van der Waals surface area contributed by atoms with Crippen LogP contribution in [0, 0.1) is 6.92 Å². The second-order valence-corrected chi connectivity index (χ2v) is 5.62. The van der Waals surface area contributed by atoms with Gasteiger partial charge < -0.3 is 10.2 Å². The van der Waals surface area contributed by atoms with Crippen LogP contribution in [0.4, 0.5) is 0 Å². The van der Waals surface area contributed by atoms with E-state index in [1.165, 1.54) is 0 Å². The minimum Gasteiger partial charge on any atom is -0.348 e. The summed E-state index contributed by atoms with van der Waals surface area (Å²) in [5, 5.41) is 6.94. The fourth-order valence-corrected chi connectivity index (χ4v) is 2.41. The molecule has 0 saturated carbocycles. The molecule has 1 aromatic rings. The minimum absolute atomic E-state index is 0.0356. The number of aryl methyl sites for hydroxylation is 1. The normalized spacial score (nSPS) is 13.1. The predicted molar refractivity (Wildman–Crippen MR) is 73.8 cm³/mol. The van der Waals surface area contributed by atoms with Gasteiger partial charge in [0.15, 0.2) is 0 Å². The molecule has 17 heavy (non-hydrogen) atoms. The molecule has 0 fully saturated rings. The number of likely N-dealkylation sites (N-methyl/N-ethyl adjacent to an activating group) is 1. The van der Waals surface area contributed by atoms with Crippen molar-refractivity contribution in [2.24, 2.45) is 0 Å². The van der Waals surface area contributed by atoms with Gasteiger partial charge in [0.25, 0.3) is 5.91 Å². The highest BCUT2D eigenvalue weighted by molar-refractivity contribution is 7.08. The third kappa shape index (κ3) is 4.13. The maximum Gasteiger partial charge on any atom is 0.252 e. The van der Waals surface area contributed by atoms with Crippen LogP contribution in [-0.2, 0) is 0 Å². The van der Waals surface area contributed by atoms with Crippen molar-refractivity contribution in [3.8, 4) is 0 Å². The zero-order chi connectivity index (χ0) is 13.0. The van der Waals surface area contributed by atoms with Gasteiger partial charge in [0.05, 0.1) is 5.56 Å². The molecule has 0 bridgehead atoms. The number of nitrogens with one attached hydrogen (secondary N) is 1. The highest BCUT2D eigenvalue weighted by Crippen LogP contribution is 2.13. The molecule has 1 N–H and O–H groups in total. The smallest absolute Gasteiger partial charge is 0.252 e. The summed E-state index contributed by atoms with van der Waals surface area (Å²) in [7, 11) is 2.07. The van der Waals surface area contributed by atoms with E-state index in [-0.39, 0.29) is 11.9 Å². The molecular weight excluding hydrogens is 232 g/mol. The maximum absolute atomic E-state index is 12.0. The number of carbonyl (C=O) groups is 1. The summed E-state index contributed by atoms with van der Waals surface area (Å²) in [6.45, 7) is 9.18. The van der Waals surface area contributed by atoms with E-state index >= 15 is 0 Å². The van der Waals surface area contributed by atoms with E-state index in [1.807, 2.05) is 24.6 Å². The SMILES string of the molecule is Cc1cscc1C(=O)N[C@@H](C)CN(C)C(C)C. The first-order valence-corrected chi connectivity index (χ1v) is 6.90. The Hall–Kier alpha value is -0.870. The predicted octanol–water partition coefficient (Wildman–Crippen LogP) is 2.52. The lowest BCUT2D eigenvalue weighted by Gasteiger charge is -2.25. The molecule has 4 heteroatoms. The Morgan fingerprint density at radius 1 is 1.41 bits per heavy atom. The lowest BCUT2D eigenvalue weighted by molar-refractivity contribution is 0.0928. The first kappa shape index (κ1) is 14.2. The van der Waals surface area contributed by atoms with Crippen LogP contribution in [0.5, 0.6) is 0 Å². The number of nitrogens with zero attached hydrogens (tertiary/aromatic N) is 1. The maximum atomic E-state index is 12.0. The van der Waals surface area contributed by atoms with Crippen LogP contribution < -0.4 is 5.32 Å². The molecule has 0 saturated heterocycles. The molecule has 1 atom stereocenters.